The molecular weight excluding hydrogens is 470 g/mol. The van der Waals surface area contributed by atoms with Crippen LogP contribution in [0.2, 0.25) is 0 Å². The number of urea groups is 1. The van der Waals surface area contributed by atoms with E-state index in [0.717, 1.165) is 28.2 Å². The van der Waals surface area contributed by atoms with Crippen molar-refractivity contribution in [1.29, 1.82) is 0 Å². The second-order valence-electron chi connectivity index (χ2n) is 8.91. The van der Waals surface area contributed by atoms with Crippen LogP contribution in [-0.4, -0.2) is 42.5 Å². The smallest absolute Gasteiger partial charge is 0.332 e. The lowest BCUT2D eigenvalue weighted by Crippen LogP contribution is -2.37. The number of hydrogen-bond donors (Lipinski definition) is 1. The molecule has 1 N–H and O–H groups in total. The summed E-state index contributed by atoms with van der Waals surface area (Å²) in [5, 5.41) is 2.83. The van der Waals surface area contributed by atoms with E-state index in [2.05, 4.69) is 5.32 Å². The molecule has 1 heterocycles. The first kappa shape index (κ1) is 25.8. The number of imide groups is 1. The van der Waals surface area contributed by atoms with Crippen LogP contribution in [-0.2, 0) is 16.1 Å². The van der Waals surface area contributed by atoms with Gasteiger partial charge in [0.25, 0.3) is 5.91 Å². The summed E-state index contributed by atoms with van der Waals surface area (Å²) in [6.07, 6.45) is 0.732. The molecule has 1 saturated heterocycles. The molecule has 8 heteroatoms. The van der Waals surface area contributed by atoms with Gasteiger partial charge in [-0.25, -0.2) is 9.69 Å². The van der Waals surface area contributed by atoms with Gasteiger partial charge < -0.3 is 19.7 Å². The molecular formula is C29H31N3O5. The Morgan fingerprint density at radius 2 is 1.68 bits per heavy atom. The maximum absolute atomic E-state index is 13.5. The van der Waals surface area contributed by atoms with Gasteiger partial charge in [-0.15, -0.1) is 0 Å². The molecule has 4 rings (SSSR count). The largest absolute Gasteiger partial charge is 0.497 e. The van der Waals surface area contributed by atoms with Crippen LogP contribution in [0.5, 0.6) is 11.5 Å². The monoisotopic (exact) mass is 501 g/mol. The number of ether oxygens (including phenoxy) is 2. The van der Waals surface area contributed by atoms with Gasteiger partial charge in [-0.2, -0.15) is 0 Å². The summed E-state index contributed by atoms with van der Waals surface area (Å²) in [6, 6.07) is 20.1. The molecule has 3 aromatic rings. The van der Waals surface area contributed by atoms with Gasteiger partial charge in [-0.05, 0) is 73.0 Å². The fourth-order valence-electron chi connectivity index (χ4n) is 4.19. The molecule has 192 valence electrons. The second kappa shape index (κ2) is 11.6. The molecule has 4 amide bonds. The van der Waals surface area contributed by atoms with Gasteiger partial charge in [0.05, 0.1) is 25.8 Å². The number of hydrogen-bond acceptors (Lipinski definition) is 5. The van der Waals surface area contributed by atoms with E-state index in [1.807, 2.05) is 32.0 Å². The predicted molar refractivity (Wildman–Crippen MR) is 142 cm³/mol. The van der Waals surface area contributed by atoms with Crippen molar-refractivity contribution >= 4 is 29.2 Å². The van der Waals surface area contributed by atoms with Crippen molar-refractivity contribution in [3.05, 3.63) is 83.9 Å². The zero-order valence-electron chi connectivity index (χ0n) is 21.3. The lowest BCUT2D eigenvalue weighted by molar-refractivity contribution is -0.124. The predicted octanol–water partition coefficient (Wildman–Crippen LogP) is 5.16. The Balaban J connectivity index is 1.54. The maximum Gasteiger partial charge on any atom is 0.332 e. The van der Waals surface area contributed by atoms with E-state index in [4.69, 9.17) is 9.47 Å². The molecule has 0 spiro atoms. The van der Waals surface area contributed by atoms with Crippen LogP contribution in [0.25, 0.3) is 0 Å². The quantitative estimate of drug-likeness (QED) is 0.388. The van der Waals surface area contributed by atoms with Crippen LogP contribution in [0.3, 0.4) is 0 Å². The highest BCUT2D eigenvalue weighted by Crippen LogP contribution is 2.29. The molecule has 3 aromatic carbocycles. The third-order valence-corrected chi connectivity index (χ3v) is 6.08. The number of aryl methyl sites for hydroxylation is 1. The minimum Gasteiger partial charge on any atom is -0.497 e. The first-order valence-corrected chi connectivity index (χ1v) is 12.3. The number of amides is 4. The van der Waals surface area contributed by atoms with Gasteiger partial charge in [-0.1, -0.05) is 31.2 Å². The molecule has 0 radical (unpaired) electrons. The van der Waals surface area contributed by atoms with Crippen molar-refractivity contribution in [3.63, 3.8) is 0 Å². The van der Waals surface area contributed by atoms with E-state index < -0.39 is 18.0 Å². The fourth-order valence-corrected chi connectivity index (χ4v) is 4.19. The zero-order valence-corrected chi connectivity index (χ0v) is 21.3. The minimum absolute atomic E-state index is 0.170. The number of benzene rings is 3. The van der Waals surface area contributed by atoms with Gasteiger partial charge in [0.1, 0.15) is 17.5 Å². The zero-order chi connectivity index (χ0) is 26.4. The molecule has 37 heavy (non-hydrogen) atoms. The van der Waals surface area contributed by atoms with Crippen LogP contribution in [0.15, 0.2) is 72.8 Å². The molecule has 1 aliphatic heterocycles. The summed E-state index contributed by atoms with van der Waals surface area (Å²) in [5.41, 5.74) is 2.82. The Morgan fingerprint density at radius 1 is 0.973 bits per heavy atom. The number of carbonyl (C=O) groups excluding carboxylic acids is 3. The summed E-state index contributed by atoms with van der Waals surface area (Å²) in [4.78, 5) is 42.6. The lowest BCUT2D eigenvalue weighted by Gasteiger charge is -2.22. The Morgan fingerprint density at radius 3 is 2.32 bits per heavy atom. The molecule has 1 fully saturated rings. The third kappa shape index (κ3) is 6.09. The van der Waals surface area contributed by atoms with Crippen LogP contribution >= 0.6 is 0 Å². The molecule has 0 bridgehead atoms. The summed E-state index contributed by atoms with van der Waals surface area (Å²) < 4.78 is 10.8. The van der Waals surface area contributed by atoms with Gasteiger partial charge >= 0.3 is 6.03 Å². The van der Waals surface area contributed by atoms with E-state index in [0.29, 0.717) is 23.7 Å². The van der Waals surface area contributed by atoms with E-state index in [-0.39, 0.29) is 18.9 Å². The summed E-state index contributed by atoms with van der Waals surface area (Å²) >= 11 is 0. The molecule has 0 saturated carbocycles. The standard InChI is InChI=1S/C29H31N3O5/c1-4-16-37-25-14-10-22(11-15-25)30-27(33)18-26-28(34)32(23-7-5-6-20(2)17-23)29(35)31(26)19-21-8-12-24(36-3)13-9-21/h5-15,17,26H,4,16,18-19H2,1-3H3,(H,30,33)/t26-/m0/s1. The van der Waals surface area contributed by atoms with Crippen LogP contribution in [0.1, 0.15) is 30.9 Å². The van der Waals surface area contributed by atoms with Crippen molar-refractivity contribution in [2.75, 3.05) is 23.9 Å². The number of rotatable bonds is 10. The Bertz CT molecular complexity index is 1260. The fraction of sp³-hybridized carbons (Fsp3) is 0.276. The topological polar surface area (TPSA) is 88.2 Å². The van der Waals surface area contributed by atoms with Gasteiger partial charge in [0.2, 0.25) is 5.91 Å². The van der Waals surface area contributed by atoms with Gasteiger partial charge in [-0.3, -0.25) is 9.59 Å². The minimum atomic E-state index is -0.942. The van der Waals surface area contributed by atoms with Crippen molar-refractivity contribution in [2.45, 2.75) is 39.3 Å². The van der Waals surface area contributed by atoms with E-state index in [9.17, 15) is 14.4 Å². The first-order chi connectivity index (χ1) is 17.9. The Kier molecular flexibility index (Phi) is 8.08. The maximum atomic E-state index is 13.5. The number of carbonyl (C=O) groups is 3. The Labute approximate surface area is 216 Å². The van der Waals surface area contributed by atoms with Crippen molar-refractivity contribution in [2.24, 2.45) is 0 Å². The van der Waals surface area contributed by atoms with Crippen molar-refractivity contribution in [1.82, 2.24) is 4.90 Å². The molecule has 0 aromatic heterocycles. The van der Waals surface area contributed by atoms with E-state index >= 15 is 0 Å². The van der Waals surface area contributed by atoms with Crippen molar-refractivity contribution in [3.8, 4) is 11.5 Å². The molecule has 1 atom stereocenters. The second-order valence-corrected chi connectivity index (χ2v) is 8.91. The normalized spacial score (nSPS) is 15.2. The van der Waals surface area contributed by atoms with E-state index in [1.165, 1.54) is 4.90 Å². The van der Waals surface area contributed by atoms with Gasteiger partial charge in [0, 0.05) is 12.2 Å². The van der Waals surface area contributed by atoms with Crippen molar-refractivity contribution < 1.29 is 23.9 Å². The SMILES string of the molecule is CCCOc1ccc(NC(=O)C[C@H]2C(=O)N(c3cccc(C)c3)C(=O)N2Cc2ccc(OC)cc2)cc1. The molecule has 0 unspecified atom stereocenters. The average Bonchev–Trinajstić information content (AvgIpc) is 3.12. The highest BCUT2D eigenvalue weighted by atomic mass is 16.5. The van der Waals surface area contributed by atoms with Crippen LogP contribution < -0.4 is 19.7 Å². The number of methoxy groups -OCH3 is 1. The average molecular weight is 502 g/mol. The molecule has 1 aliphatic rings. The van der Waals surface area contributed by atoms with Crippen LogP contribution in [0, 0.1) is 6.92 Å². The lowest BCUT2D eigenvalue weighted by atomic mass is 10.1. The highest BCUT2D eigenvalue weighted by Gasteiger charge is 2.46. The first-order valence-electron chi connectivity index (χ1n) is 12.3. The Hall–Kier alpha value is -4.33. The van der Waals surface area contributed by atoms with Crippen LogP contribution in [0.4, 0.5) is 16.2 Å². The molecule has 8 nitrogen and oxygen atoms in total. The highest BCUT2D eigenvalue weighted by molar-refractivity contribution is 6.22. The summed E-state index contributed by atoms with van der Waals surface area (Å²) in [7, 11) is 1.58. The number of nitrogens with one attached hydrogen (secondary N) is 1. The number of nitrogens with zero attached hydrogens (tertiary/aromatic N) is 2. The van der Waals surface area contributed by atoms with E-state index in [1.54, 1.807) is 61.7 Å². The summed E-state index contributed by atoms with van der Waals surface area (Å²) in [6.45, 7) is 4.72. The van der Waals surface area contributed by atoms with Gasteiger partial charge in [0.15, 0.2) is 0 Å². The number of anilines is 2. The summed E-state index contributed by atoms with van der Waals surface area (Å²) in [5.74, 6) is 0.619. The molecule has 0 aliphatic carbocycles. The third-order valence-electron chi connectivity index (χ3n) is 6.08.